The Balaban J connectivity index is 2.52. The molecule has 0 aromatic heterocycles. The van der Waals surface area contributed by atoms with Gasteiger partial charge in [-0.2, -0.15) is 0 Å². The van der Waals surface area contributed by atoms with Crippen LogP contribution >= 0.6 is 0 Å². The zero-order valence-corrected chi connectivity index (χ0v) is 15.1. The lowest BCUT2D eigenvalue weighted by Crippen LogP contribution is -2.09. The van der Waals surface area contributed by atoms with Gasteiger partial charge in [0.15, 0.2) is 0 Å². The number of carbonyl (C=O) groups excluding carboxylic acids is 1. The largest absolute Gasteiger partial charge is 0.496 e. The zero-order valence-electron chi connectivity index (χ0n) is 15.1. The van der Waals surface area contributed by atoms with Gasteiger partial charge < -0.3 is 14.8 Å². The van der Waals surface area contributed by atoms with Crippen molar-refractivity contribution < 1.29 is 14.3 Å². The maximum Gasteiger partial charge on any atom is 0.247 e. The van der Waals surface area contributed by atoms with E-state index in [9.17, 15) is 4.79 Å². The van der Waals surface area contributed by atoms with Gasteiger partial charge in [-0.1, -0.05) is 38.1 Å². The molecule has 0 unspecified atom stereocenters. The fourth-order valence-corrected chi connectivity index (χ4v) is 2.64. The second kappa shape index (κ2) is 8.92. The molecule has 0 saturated heterocycles. The minimum absolute atomic E-state index is 0.244. The average molecular weight is 339 g/mol. The summed E-state index contributed by atoms with van der Waals surface area (Å²) in [5.74, 6) is 1.30. The number of amides is 1. The van der Waals surface area contributed by atoms with Crippen molar-refractivity contribution in [1.82, 2.24) is 0 Å². The van der Waals surface area contributed by atoms with Gasteiger partial charge >= 0.3 is 0 Å². The Morgan fingerprint density at radius 3 is 2.64 bits per heavy atom. The second-order valence-corrected chi connectivity index (χ2v) is 5.71. The van der Waals surface area contributed by atoms with Gasteiger partial charge in [0.25, 0.3) is 0 Å². The van der Waals surface area contributed by atoms with Crippen molar-refractivity contribution in [1.29, 1.82) is 0 Å². The predicted molar refractivity (Wildman–Crippen MR) is 102 cm³/mol. The fraction of sp³-hybridized carbons (Fsp3) is 0.286. The number of nitrogens with one attached hydrogen (secondary N) is 1. The highest BCUT2D eigenvalue weighted by Gasteiger charge is 2.17. The smallest absolute Gasteiger partial charge is 0.247 e. The molecule has 0 spiro atoms. The first-order valence-electron chi connectivity index (χ1n) is 8.45. The van der Waals surface area contributed by atoms with E-state index in [0.717, 1.165) is 46.7 Å². The number of carbonyl (C=O) groups is 1. The van der Waals surface area contributed by atoms with Gasteiger partial charge in [-0.05, 0) is 43.2 Å². The van der Waals surface area contributed by atoms with Crippen LogP contribution in [0, 0.1) is 6.92 Å². The van der Waals surface area contributed by atoms with Crippen molar-refractivity contribution in [3.05, 3.63) is 54.6 Å². The summed E-state index contributed by atoms with van der Waals surface area (Å²) in [6.07, 6.45) is 3.33. The van der Waals surface area contributed by atoms with Crippen molar-refractivity contribution in [2.24, 2.45) is 0 Å². The molecule has 0 aliphatic heterocycles. The van der Waals surface area contributed by atoms with Crippen LogP contribution in [0.1, 0.15) is 25.3 Å². The first-order chi connectivity index (χ1) is 12.1. The van der Waals surface area contributed by atoms with E-state index in [2.05, 4.69) is 18.8 Å². The van der Waals surface area contributed by atoms with Gasteiger partial charge in [0, 0.05) is 16.8 Å². The summed E-state index contributed by atoms with van der Waals surface area (Å²) in [5.41, 5.74) is 3.50. The maximum absolute atomic E-state index is 11.7. The predicted octanol–water partition coefficient (Wildman–Crippen LogP) is 4.97. The molecule has 132 valence electrons. The molecule has 0 radical (unpaired) electrons. The number of benzene rings is 2. The molecule has 0 aliphatic carbocycles. The maximum atomic E-state index is 11.7. The quantitative estimate of drug-likeness (QED) is 0.545. The molecule has 0 bridgehead atoms. The molecule has 0 atom stereocenters. The van der Waals surface area contributed by atoms with E-state index in [4.69, 9.17) is 9.47 Å². The Morgan fingerprint density at radius 1 is 1.20 bits per heavy atom. The van der Waals surface area contributed by atoms with Crippen LogP contribution in [0.4, 0.5) is 5.69 Å². The van der Waals surface area contributed by atoms with Crippen LogP contribution in [0.5, 0.6) is 11.5 Å². The molecular weight excluding hydrogens is 314 g/mol. The van der Waals surface area contributed by atoms with Crippen molar-refractivity contribution in [2.45, 2.75) is 26.7 Å². The number of para-hydroxylation sites is 1. The van der Waals surface area contributed by atoms with Crippen molar-refractivity contribution in [2.75, 3.05) is 19.0 Å². The highest BCUT2D eigenvalue weighted by Crippen LogP contribution is 2.41. The number of unbranched alkanes of at least 4 members (excludes halogenated alkanes) is 1. The molecule has 2 aromatic carbocycles. The molecule has 0 heterocycles. The van der Waals surface area contributed by atoms with Crippen LogP contribution in [0.3, 0.4) is 0 Å². The second-order valence-electron chi connectivity index (χ2n) is 5.71. The van der Waals surface area contributed by atoms with Gasteiger partial charge in [0.1, 0.15) is 11.5 Å². The number of ether oxygens (including phenoxy) is 2. The SMILES string of the molecule is C=CC(=O)Nc1ccc(OC)c(-c2ccccc2OCCCC)c1C. The molecule has 25 heavy (non-hydrogen) atoms. The van der Waals surface area contributed by atoms with Crippen LogP contribution in [0.15, 0.2) is 49.1 Å². The summed E-state index contributed by atoms with van der Waals surface area (Å²) in [7, 11) is 1.64. The molecule has 4 heteroatoms. The summed E-state index contributed by atoms with van der Waals surface area (Å²) in [6, 6.07) is 11.6. The lowest BCUT2D eigenvalue weighted by Gasteiger charge is -2.18. The highest BCUT2D eigenvalue weighted by atomic mass is 16.5. The number of anilines is 1. The van der Waals surface area contributed by atoms with Crippen LogP contribution in [-0.2, 0) is 4.79 Å². The van der Waals surface area contributed by atoms with Crippen LogP contribution in [-0.4, -0.2) is 19.6 Å². The Hall–Kier alpha value is -2.75. The number of hydrogen-bond acceptors (Lipinski definition) is 3. The minimum atomic E-state index is -0.244. The third-order valence-corrected chi connectivity index (χ3v) is 4.00. The molecule has 0 aliphatic rings. The normalized spacial score (nSPS) is 10.2. The lowest BCUT2D eigenvalue weighted by molar-refractivity contribution is -0.111. The lowest BCUT2D eigenvalue weighted by atomic mass is 9.97. The molecule has 1 N–H and O–H groups in total. The molecule has 0 saturated carbocycles. The topological polar surface area (TPSA) is 47.6 Å². The summed E-state index contributed by atoms with van der Waals surface area (Å²) >= 11 is 0. The standard InChI is InChI=1S/C21H25NO3/c1-5-7-14-25-18-11-9-8-10-16(18)21-15(3)17(22-20(23)6-2)12-13-19(21)24-4/h6,8-13H,2,5,7,14H2,1,3-4H3,(H,22,23). The van der Waals surface area contributed by atoms with E-state index in [1.54, 1.807) is 7.11 Å². The third kappa shape index (κ3) is 4.41. The van der Waals surface area contributed by atoms with Crippen LogP contribution < -0.4 is 14.8 Å². The van der Waals surface area contributed by atoms with Crippen LogP contribution in [0.2, 0.25) is 0 Å². The van der Waals surface area contributed by atoms with E-state index in [0.29, 0.717) is 6.61 Å². The van der Waals surface area contributed by atoms with Crippen molar-refractivity contribution in [3.63, 3.8) is 0 Å². The van der Waals surface area contributed by atoms with E-state index in [-0.39, 0.29) is 5.91 Å². The summed E-state index contributed by atoms with van der Waals surface area (Å²) in [4.78, 5) is 11.7. The number of rotatable bonds is 8. The Morgan fingerprint density at radius 2 is 1.96 bits per heavy atom. The molecule has 2 aromatic rings. The van der Waals surface area contributed by atoms with Gasteiger partial charge in [0.05, 0.1) is 13.7 Å². The monoisotopic (exact) mass is 339 g/mol. The Labute approximate surface area is 149 Å². The van der Waals surface area contributed by atoms with Gasteiger partial charge in [-0.3, -0.25) is 4.79 Å². The average Bonchev–Trinajstić information content (AvgIpc) is 2.64. The van der Waals surface area contributed by atoms with Gasteiger partial charge in [-0.25, -0.2) is 0 Å². The summed E-state index contributed by atoms with van der Waals surface area (Å²) < 4.78 is 11.5. The molecule has 0 fully saturated rings. The van der Waals surface area contributed by atoms with E-state index < -0.39 is 0 Å². The first kappa shape index (κ1) is 18.6. The Kier molecular flexibility index (Phi) is 6.63. The number of hydrogen-bond donors (Lipinski definition) is 1. The third-order valence-electron chi connectivity index (χ3n) is 4.00. The molecule has 4 nitrogen and oxygen atoms in total. The van der Waals surface area contributed by atoms with Gasteiger partial charge in [-0.15, -0.1) is 0 Å². The fourth-order valence-electron chi connectivity index (χ4n) is 2.64. The minimum Gasteiger partial charge on any atom is -0.496 e. The van der Waals surface area contributed by atoms with E-state index in [1.807, 2.05) is 43.3 Å². The zero-order chi connectivity index (χ0) is 18.2. The van der Waals surface area contributed by atoms with Crippen molar-refractivity contribution in [3.8, 4) is 22.6 Å². The van der Waals surface area contributed by atoms with Crippen molar-refractivity contribution >= 4 is 11.6 Å². The summed E-state index contributed by atoms with van der Waals surface area (Å²) in [6.45, 7) is 8.26. The van der Waals surface area contributed by atoms with Gasteiger partial charge in [0.2, 0.25) is 5.91 Å². The Bertz CT molecular complexity index is 753. The van der Waals surface area contributed by atoms with E-state index >= 15 is 0 Å². The first-order valence-corrected chi connectivity index (χ1v) is 8.45. The molecule has 2 rings (SSSR count). The number of methoxy groups -OCH3 is 1. The molecular formula is C21H25NO3. The summed E-state index contributed by atoms with van der Waals surface area (Å²) in [5, 5.41) is 2.84. The van der Waals surface area contributed by atoms with E-state index in [1.165, 1.54) is 6.08 Å². The molecule has 1 amide bonds. The highest BCUT2D eigenvalue weighted by molar-refractivity contribution is 6.00. The van der Waals surface area contributed by atoms with Crippen LogP contribution in [0.25, 0.3) is 11.1 Å².